The lowest BCUT2D eigenvalue weighted by atomic mass is 10.1. The molecule has 0 unspecified atom stereocenters. The van der Waals surface area contributed by atoms with E-state index in [9.17, 15) is 9.59 Å². The largest absolute Gasteiger partial charge is 0.332 e. The van der Waals surface area contributed by atoms with E-state index >= 15 is 0 Å². The molecular weight excluding hydrogens is 366 g/mol. The van der Waals surface area contributed by atoms with Crippen LogP contribution in [0.1, 0.15) is 48.8 Å². The van der Waals surface area contributed by atoms with E-state index in [0.717, 1.165) is 28.9 Å². The van der Waals surface area contributed by atoms with Crippen molar-refractivity contribution in [3.8, 4) is 0 Å². The molecule has 0 saturated carbocycles. The monoisotopic (exact) mass is 393 g/mol. The number of hydrogen-bond acceptors (Lipinski definition) is 3. The molecule has 0 radical (unpaired) electrons. The van der Waals surface area contributed by atoms with Crippen molar-refractivity contribution in [3.63, 3.8) is 0 Å². The second kappa shape index (κ2) is 6.76. The van der Waals surface area contributed by atoms with Crippen LogP contribution in [-0.2, 0) is 13.6 Å². The molecule has 29 heavy (non-hydrogen) atoms. The Morgan fingerprint density at radius 3 is 2.31 bits per heavy atom. The van der Waals surface area contributed by atoms with E-state index in [4.69, 9.17) is 4.98 Å². The maximum atomic E-state index is 13.4. The number of nitrogens with zero attached hydrogens (tertiary/aromatic N) is 5. The number of rotatable bonds is 4. The molecule has 0 spiro atoms. The Balaban J connectivity index is 2.05. The molecule has 152 valence electrons. The topological polar surface area (TPSA) is 66.2 Å². The second-order valence-corrected chi connectivity index (χ2v) is 7.94. The van der Waals surface area contributed by atoms with Crippen LogP contribution in [0, 0.1) is 20.8 Å². The Hall–Kier alpha value is -3.09. The second-order valence-electron chi connectivity index (χ2n) is 7.94. The SMILES string of the molecule is CC[C@H](C)n1c(C)c(C)n2c3c(=O)n(Cc4ccc(C)cc4)c(=O)n(C)c3nc12. The molecule has 1 aromatic carbocycles. The molecule has 0 amide bonds. The Labute approximate surface area is 168 Å². The van der Waals surface area contributed by atoms with Crippen molar-refractivity contribution < 1.29 is 0 Å². The first-order chi connectivity index (χ1) is 13.8. The van der Waals surface area contributed by atoms with Crippen LogP contribution in [0.3, 0.4) is 0 Å². The number of aromatic nitrogens is 5. The maximum Gasteiger partial charge on any atom is 0.332 e. The van der Waals surface area contributed by atoms with Crippen LogP contribution in [0.2, 0.25) is 0 Å². The number of aryl methyl sites for hydroxylation is 3. The van der Waals surface area contributed by atoms with Gasteiger partial charge < -0.3 is 4.57 Å². The van der Waals surface area contributed by atoms with E-state index in [0.29, 0.717) is 16.9 Å². The third kappa shape index (κ3) is 2.75. The summed E-state index contributed by atoms with van der Waals surface area (Å²) in [6.07, 6.45) is 0.949. The van der Waals surface area contributed by atoms with Crippen molar-refractivity contribution in [3.05, 3.63) is 67.6 Å². The minimum absolute atomic E-state index is 0.235. The van der Waals surface area contributed by atoms with Crippen molar-refractivity contribution in [2.24, 2.45) is 7.05 Å². The van der Waals surface area contributed by atoms with Gasteiger partial charge in [0.15, 0.2) is 11.2 Å². The van der Waals surface area contributed by atoms with Crippen molar-refractivity contribution in [2.45, 2.75) is 53.6 Å². The third-order valence-electron chi connectivity index (χ3n) is 6.05. The van der Waals surface area contributed by atoms with Crippen LogP contribution in [0.5, 0.6) is 0 Å². The van der Waals surface area contributed by atoms with Crippen LogP contribution < -0.4 is 11.2 Å². The Bertz CT molecular complexity index is 1350. The maximum absolute atomic E-state index is 13.4. The molecular formula is C22H27N5O2. The van der Waals surface area contributed by atoms with Crippen molar-refractivity contribution in [1.29, 1.82) is 0 Å². The standard InChI is InChI=1S/C22H27N5O2/c1-7-14(3)26-15(4)16(5)27-18-19(23-21(26)27)24(6)22(29)25(20(18)28)12-17-10-8-13(2)9-11-17/h8-11,14H,7,12H2,1-6H3/t14-/m0/s1. The fourth-order valence-corrected chi connectivity index (χ4v) is 4.00. The van der Waals surface area contributed by atoms with Gasteiger partial charge in [-0.15, -0.1) is 0 Å². The summed E-state index contributed by atoms with van der Waals surface area (Å²) < 4.78 is 6.85. The summed E-state index contributed by atoms with van der Waals surface area (Å²) in [4.78, 5) is 31.1. The van der Waals surface area contributed by atoms with Gasteiger partial charge in [-0.2, -0.15) is 4.98 Å². The quantitative estimate of drug-likeness (QED) is 0.535. The van der Waals surface area contributed by atoms with E-state index in [-0.39, 0.29) is 23.8 Å². The van der Waals surface area contributed by atoms with Gasteiger partial charge in [0.1, 0.15) is 0 Å². The molecule has 1 atom stereocenters. The van der Waals surface area contributed by atoms with Gasteiger partial charge in [0.2, 0.25) is 5.78 Å². The van der Waals surface area contributed by atoms with E-state index in [1.807, 2.05) is 42.5 Å². The van der Waals surface area contributed by atoms with Crippen LogP contribution in [0.4, 0.5) is 0 Å². The number of fused-ring (bicyclic) bond motifs is 3. The molecule has 4 aromatic rings. The summed E-state index contributed by atoms with van der Waals surface area (Å²) in [5.74, 6) is 0.713. The molecule has 0 fully saturated rings. The van der Waals surface area contributed by atoms with Gasteiger partial charge in [0.25, 0.3) is 5.56 Å². The Kier molecular flexibility index (Phi) is 4.48. The molecule has 7 heteroatoms. The first-order valence-electron chi connectivity index (χ1n) is 10.0. The molecule has 7 nitrogen and oxygen atoms in total. The third-order valence-corrected chi connectivity index (χ3v) is 6.05. The van der Waals surface area contributed by atoms with E-state index in [2.05, 4.69) is 25.3 Å². The molecule has 3 aromatic heterocycles. The van der Waals surface area contributed by atoms with Gasteiger partial charge in [-0.1, -0.05) is 36.8 Å². The highest BCUT2D eigenvalue weighted by Gasteiger charge is 2.24. The molecule has 4 rings (SSSR count). The predicted octanol–water partition coefficient (Wildman–Crippen LogP) is 3.09. The zero-order valence-corrected chi connectivity index (χ0v) is 17.9. The van der Waals surface area contributed by atoms with Crippen LogP contribution in [-0.4, -0.2) is 23.1 Å². The molecule has 0 aliphatic rings. The summed E-state index contributed by atoms with van der Waals surface area (Å²) >= 11 is 0. The molecule has 0 saturated heterocycles. The molecule has 3 heterocycles. The lowest BCUT2D eigenvalue weighted by molar-refractivity contribution is 0.532. The first-order valence-corrected chi connectivity index (χ1v) is 10.0. The summed E-state index contributed by atoms with van der Waals surface area (Å²) in [6.45, 7) is 10.6. The van der Waals surface area contributed by atoms with Gasteiger partial charge in [0.05, 0.1) is 6.54 Å². The van der Waals surface area contributed by atoms with Gasteiger partial charge in [-0.05, 0) is 39.7 Å². The van der Waals surface area contributed by atoms with Gasteiger partial charge in [0, 0.05) is 24.5 Å². The minimum Gasteiger partial charge on any atom is -0.311 e. The highest BCUT2D eigenvalue weighted by molar-refractivity contribution is 5.76. The zero-order chi connectivity index (χ0) is 21.0. The number of imidazole rings is 2. The van der Waals surface area contributed by atoms with Crippen molar-refractivity contribution in [1.82, 2.24) is 23.1 Å². The van der Waals surface area contributed by atoms with E-state index in [1.165, 1.54) is 9.13 Å². The predicted molar refractivity (Wildman–Crippen MR) is 115 cm³/mol. The molecule has 0 bridgehead atoms. The highest BCUT2D eigenvalue weighted by atomic mass is 16.2. The summed E-state index contributed by atoms with van der Waals surface area (Å²) in [5, 5.41) is 0. The van der Waals surface area contributed by atoms with Gasteiger partial charge in [-0.25, -0.2) is 4.79 Å². The average Bonchev–Trinajstić information content (AvgIpc) is 3.20. The van der Waals surface area contributed by atoms with Crippen molar-refractivity contribution in [2.75, 3.05) is 0 Å². The van der Waals surface area contributed by atoms with Gasteiger partial charge in [-0.3, -0.25) is 18.3 Å². The van der Waals surface area contributed by atoms with Crippen LogP contribution >= 0.6 is 0 Å². The Morgan fingerprint density at radius 2 is 1.69 bits per heavy atom. The lowest BCUT2D eigenvalue weighted by Gasteiger charge is -2.13. The lowest BCUT2D eigenvalue weighted by Crippen LogP contribution is -2.39. The number of hydrogen-bond donors (Lipinski definition) is 0. The van der Waals surface area contributed by atoms with Crippen LogP contribution in [0.25, 0.3) is 16.9 Å². The molecule has 0 N–H and O–H groups in total. The van der Waals surface area contributed by atoms with E-state index < -0.39 is 0 Å². The molecule has 0 aliphatic carbocycles. The summed E-state index contributed by atoms with van der Waals surface area (Å²) in [7, 11) is 1.68. The fraction of sp³-hybridized carbons (Fsp3) is 0.409. The van der Waals surface area contributed by atoms with E-state index in [1.54, 1.807) is 7.05 Å². The van der Waals surface area contributed by atoms with Crippen LogP contribution in [0.15, 0.2) is 33.9 Å². The fourth-order valence-electron chi connectivity index (χ4n) is 4.00. The highest BCUT2D eigenvalue weighted by Crippen LogP contribution is 2.25. The average molecular weight is 393 g/mol. The zero-order valence-electron chi connectivity index (χ0n) is 17.9. The summed E-state index contributed by atoms with van der Waals surface area (Å²) in [6, 6.07) is 8.12. The summed E-state index contributed by atoms with van der Waals surface area (Å²) in [5.41, 5.74) is 4.34. The van der Waals surface area contributed by atoms with Gasteiger partial charge >= 0.3 is 5.69 Å². The smallest absolute Gasteiger partial charge is 0.311 e. The number of benzene rings is 1. The minimum atomic E-state index is -0.353. The van der Waals surface area contributed by atoms with Crippen molar-refractivity contribution >= 4 is 16.9 Å². The first kappa shape index (κ1) is 19.2. The molecule has 0 aliphatic heterocycles. The normalized spacial score (nSPS) is 12.9. The Morgan fingerprint density at radius 1 is 1.03 bits per heavy atom.